The van der Waals surface area contributed by atoms with Crippen LogP contribution in [0.5, 0.6) is 0 Å². The number of nitrogens with zero attached hydrogens (tertiary/aromatic N) is 4. The number of carbonyl (C=O) groups is 1. The maximum absolute atomic E-state index is 14.0. The van der Waals surface area contributed by atoms with Crippen LogP contribution in [0.1, 0.15) is 11.4 Å². The number of amides is 2. The first-order valence-corrected chi connectivity index (χ1v) is 9.26. The summed E-state index contributed by atoms with van der Waals surface area (Å²) in [6.07, 6.45) is -0.727. The predicted octanol–water partition coefficient (Wildman–Crippen LogP) is 2.35. The number of nitrogens with one attached hydrogen (secondary N) is 1. The molecule has 0 spiro atoms. The molecule has 1 saturated heterocycles. The Morgan fingerprint density at radius 3 is 2.96 bits per heavy atom. The van der Waals surface area contributed by atoms with Crippen LogP contribution in [0, 0.1) is 12.7 Å². The number of carbonyl (C=O) groups excluding carboxylic acids is 1. The molecule has 0 aliphatic carbocycles. The van der Waals surface area contributed by atoms with E-state index in [4.69, 9.17) is 11.6 Å². The van der Waals surface area contributed by atoms with Crippen molar-refractivity contribution in [3.05, 3.63) is 40.4 Å². The number of anilines is 1. The van der Waals surface area contributed by atoms with Crippen molar-refractivity contribution in [2.45, 2.75) is 19.6 Å². The van der Waals surface area contributed by atoms with Crippen molar-refractivity contribution in [3.63, 3.8) is 0 Å². The normalized spacial score (nSPS) is 18.6. The van der Waals surface area contributed by atoms with E-state index in [9.17, 15) is 14.3 Å². The summed E-state index contributed by atoms with van der Waals surface area (Å²) < 4.78 is 18.0. The van der Waals surface area contributed by atoms with E-state index in [2.05, 4.69) is 14.7 Å². The van der Waals surface area contributed by atoms with Gasteiger partial charge in [-0.1, -0.05) is 17.7 Å². The maximum atomic E-state index is 14.0. The van der Waals surface area contributed by atoms with E-state index in [1.807, 2.05) is 4.90 Å². The monoisotopic (exact) mass is 399 g/mol. The molecule has 2 amide bonds. The van der Waals surface area contributed by atoms with Gasteiger partial charge in [0.05, 0.1) is 6.10 Å². The molecular formula is C16H19ClFN5O2S. The third-order valence-electron chi connectivity index (χ3n) is 4.02. The van der Waals surface area contributed by atoms with E-state index in [0.29, 0.717) is 47.7 Å². The molecule has 1 aliphatic rings. The van der Waals surface area contributed by atoms with E-state index in [-0.39, 0.29) is 18.4 Å². The van der Waals surface area contributed by atoms with Crippen LogP contribution in [0.25, 0.3) is 0 Å². The first kappa shape index (κ1) is 19.0. The second kappa shape index (κ2) is 8.26. The number of rotatable bonds is 3. The number of hydrogen-bond acceptors (Lipinski definition) is 6. The number of aliphatic hydroxyl groups is 1. The van der Waals surface area contributed by atoms with Crippen molar-refractivity contribution in [1.29, 1.82) is 0 Å². The van der Waals surface area contributed by atoms with Crippen molar-refractivity contribution in [2.24, 2.45) is 0 Å². The highest BCUT2D eigenvalue weighted by atomic mass is 35.5. The molecule has 10 heteroatoms. The lowest BCUT2D eigenvalue weighted by atomic mass is 10.2. The SMILES string of the molecule is Cc1nsc(NC(=O)N2CCN(Cc3ccc(Cl)cc3F)CC(O)C2)n1. The van der Waals surface area contributed by atoms with Crippen LogP contribution < -0.4 is 5.32 Å². The van der Waals surface area contributed by atoms with Crippen LogP contribution in [-0.2, 0) is 6.54 Å². The minimum absolute atomic E-state index is 0.198. The number of β-amino-alcohol motifs (C(OH)–C–C–N with tert-alkyl or cyclic N) is 1. The lowest BCUT2D eigenvalue weighted by molar-refractivity contribution is 0.113. The molecular weight excluding hydrogens is 381 g/mol. The van der Waals surface area contributed by atoms with Gasteiger partial charge in [-0.15, -0.1) is 0 Å². The molecule has 140 valence electrons. The van der Waals surface area contributed by atoms with Crippen molar-refractivity contribution in [2.75, 3.05) is 31.5 Å². The van der Waals surface area contributed by atoms with Gasteiger partial charge >= 0.3 is 6.03 Å². The number of aryl methyl sites for hydroxylation is 1. The molecule has 1 aliphatic heterocycles. The molecule has 1 atom stereocenters. The summed E-state index contributed by atoms with van der Waals surface area (Å²) in [5.74, 6) is 0.217. The van der Waals surface area contributed by atoms with Crippen LogP contribution in [0.2, 0.25) is 5.02 Å². The highest BCUT2D eigenvalue weighted by molar-refractivity contribution is 7.09. The van der Waals surface area contributed by atoms with E-state index in [1.165, 1.54) is 11.0 Å². The summed E-state index contributed by atoms with van der Waals surface area (Å²) in [5.41, 5.74) is 0.504. The van der Waals surface area contributed by atoms with Gasteiger partial charge in [-0.05, 0) is 19.1 Å². The van der Waals surface area contributed by atoms with Crippen LogP contribution in [0.4, 0.5) is 14.3 Å². The van der Waals surface area contributed by atoms with Crippen LogP contribution >= 0.6 is 23.1 Å². The van der Waals surface area contributed by atoms with E-state index in [0.717, 1.165) is 11.5 Å². The minimum atomic E-state index is -0.727. The van der Waals surface area contributed by atoms with E-state index >= 15 is 0 Å². The third kappa shape index (κ3) is 4.88. The smallest absolute Gasteiger partial charge is 0.323 e. The fourth-order valence-electron chi connectivity index (χ4n) is 2.79. The zero-order chi connectivity index (χ0) is 18.7. The molecule has 0 saturated carbocycles. The largest absolute Gasteiger partial charge is 0.390 e. The molecule has 0 bridgehead atoms. The zero-order valence-electron chi connectivity index (χ0n) is 14.2. The average molecular weight is 400 g/mol. The molecule has 0 radical (unpaired) electrons. The summed E-state index contributed by atoms with van der Waals surface area (Å²) in [5, 5.41) is 13.7. The molecule has 1 aromatic heterocycles. The summed E-state index contributed by atoms with van der Waals surface area (Å²) in [6.45, 7) is 3.56. The Morgan fingerprint density at radius 2 is 2.27 bits per heavy atom. The van der Waals surface area contributed by atoms with Gasteiger partial charge < -0.3 is 10.0 Å². The molecule has 2 aromatic rings. The molecule has 1 fully saturated rings. The number of urea groups is 1. The van der Waals surface area contributed by atoms with Gasteiger partial charge in [0, 0.05) is 54.8 Å². The van der Waals surface area contributed by atoms with Crippen LogP contribution in [0.3, 0.4) is 0 Å². The van der Waals surface area contributed by atoms with Gasteiger partial charge in [-0.3, -0.25) is 10.2 Å². The minimum Gasteiger partial charge on any atom is -0.390 e. The summed E-state index contributed by atoms with van der Waals surface area (Å²) in [4.78, 5) is 19.9. The predicted molar refractivity (Wildman–Crippen MR) is 97.9 cm³/mol. The van der Waals surface area contributed by atoms with Gasteiger partial charge in [0.15, 0.2) is 0 Å². The van der Waals surface area contributed by atoms with Gasteiger partial charge in [0.1, 0.15) is 11.6 Å². The Balaban J connectivity index is 1.61. The fraction of sp³-hybridized carbons (Fsp3) is 0.438. The van der Waals surface area contributed by atoms with Gasteiger partial charge in [0.2, 0.25) is 5.13 Å². The van der Waals surface area contributed by atoms with Crippen molar-refractivity contribution in [1.82, 2.24) is 19.2 Å². The second-order valence-corrected chi connectivity index (χ2v) is 7.34. The fourth-order valence-corrected chi connectivity index (χ4v) is 3.52. The van der Waals surface area contributed by atoms with Gasteiger partial charge in [-0.2, -0.15) is 4.37 Å². The Morgan fingerprint density at radius 1 is 1.46 bits per heavy atom. The lowest BCUT2D eigenvalue weighted by Gasteiger charge is -2.21. The standard InChI is InChI=1S/C16H19ClFN5O2S/c1-10-19-15(26-21-10)20-16(25)23-5-4-22(8-13(24)9-23)7-11-2-3-12(17)6-14(11)18/h2-3,6,13,24H,4-5,7-9H2,1H3,(H,19,20,21,25). The van der Waals surface area contributed by atoms with Crippen LogP contribution in [-0.4, -0.2) is 62.6 Å². The highest BCUT2D eigenvalue weighted by Crippen LogP contribution is 2.18. The van der Waals surface area contributed by atoms with Crippen molar-refractivity contribution in [3.8, 4) is 0 Å². The Labute approximate surface area is 159 Å². The lowest BCUT2D eigenvalue weighted by Crippen LogP contribution is -2.40. The quantitative estimate of drug-likeness (QED) is 0.828. The number of aromatic nitrogens is 2. The Hall–Kier alpha value is -1.81. The first-order chi connectivity index (χ1) is 12.4. The van der Waals surface area contributed by atoms with E-state index < -0.39 is 6.10 Å². The number of hydrogen-bond donors (Lipinski definition) is 2. The Bertz CT molecular complexity index is 790. The summed E-state index contributed by atoms with van der Waals surface area (Å²) in [7, 11) is 0. The van der Waals surface area contributed by atoms with E-state index in [1.54, 1.807) is 19.1 Å². The number of benzene rings is 1. The Kier molecular flexibility index (Phi) is 6.02. The molecule has 1 unspecified atom stereocenters. The number of halogens is 2. The van der Waals surface area contributed by atoms with Gasteiger partial charge in [-0.25, -0.2) is 14.2 Å². The molecule has 26 heavy (non-hydrogen) atoms. The topological polar surface area (TPSA) is 81.6 Å². The third-order valence-corrected chi connectivity index (χ3v) is 4.98. The summed E-state index contributed by atoms with van der Waals surface area (Å²) in [6, 6.07) is 4.21. The highest BCUT2D eigenvalue weighted by Gasteiger charge is 2.25. The van der Waals surface area contributed by atoms with Crippen LogP contribution in [0.15, 0.2) is 18.2 Å². The van der Waals surface area contributed by atoms with Gasteiger partial charge in [0.25, 0.3) is 0 Å². The van der Waals surface area contributed by atoms with Crippen molar-refractivity contribution < 1.29 is 14.3 Å². The zero-order valence-corrected chi connectivity index (χ0v) is 15.7. The molecule has 7 nitrogen and oxygen atoms in total. The molecule has 3 rings (SSSR count). The first-order valence-electron chi connectivity index (χ1n) is 8.11. The molecule has 2 N–H and O–H groups in total. The van der Waals surface area contributed by atoms with Crippen molar-refractivity contribution >= 4 is 34.3 Å². The average Bonchev–Trinajstić information content (AvgIpc) is 2.88. The maximum Gasteiger partial charge on any atom is 0.323 e. The molecule has 2 heterocycles. The second-order valence-electron chi connectivity index (χ2n) is 6.15. The number of aliphatic hydroxyl groups excluding tert-OH is 1. The molecule has 1 aromatic carbocycles. The summed E-state index contributed by atoms with van der Waals surface area (Å²) >= 11 is 6.89.